The van der Waals surface area contributed by atoms with E-state index in [1.54, 1.807) is 0 Å². The van der Waals surface area contributed by atoms with Gasteiger partial charge in [-0.2, -0.15) is 0 Å². The second-order valence-corrected chi connectivity index (χ2v) is 5.78. The van der Waals surface area contributed by atoms with Gasteiger partial charge in [-0.05, 0) is 24.6 Å². The molecule has 1 aromatic carbocycles. The summed E-state index contributed by atoms with van der Waals surface area (Å²) in [6.45, 7) is 2.05. The Labute approximate surface area is 132 Å². The van der Waals surface area contributed by atoms with Crippen molar-refractivity contribution < 1.29 is 4.79 Å². The summed E-state index contributed by atoms with van der Waals surface area (Å²) in [5.41, 5.74) is 1.62. The third-order valence-electron chi connectivity index (χ3n) is 2.91. The van der Waals surface area contributed by atoms with Gasteiger partial charge in [0.05, 0.1) is 11.4 Å². The number of nitrogens with one attached hydrogen (secondary N) is 2. The molecule has 0 fully saturated rings. The largest absolute Gasteiger partial charge is 0.376 e. The summed E-state index contributed by atoms with van der Waals surface area (Å²) in [6, 6.07) is 5.71. The third kappa shape index (κ3) is 3.81. The molecule has 2 aromatic rings. The molecule has 0 atom stereocenters. The van der Waals surface area contributed by atoms with Crippen LogP contribution in [0.3, 0.4) is 0 Å². The van der Waals surface area contributed by atoms with Gasteiger partial charge in [-0.1, -0.05) is 22.9 Å². The number of halogens is 1. The number of hydrogen-bond donors (Lipinski definition) is 2. The predicted molar refractivity (Wildman–Crippen MR) is 86.8 cm³/mol. The van der Waals surface area contributed by atoms with Gasteiger partial charge in [0.25, 0.3) is 5.91 Å². The molecule has 6 nitrogen and oxygen atoms in total. The Kier molecular flexibility index (Phi) is 4.95. The number of anilines is 2. The number of carbonyl (C=O) groups excluding carboxylic acids is 1. The van der Waals surface area contributed by atoms with Crippen molar-refractivity contribution in [1.29, 1.82) is 0 Å². The lowest BCUT2D eigenvalue weighted by Crippen LogP contribution is -2.17. The first kappa shape index (κ1) is 15.5. The zero-order valence-electron chi connectivity index (χ0n) is 12.3. The molecule has 112 valence electrons. The molecular formula is C14H18BrN5O. The van der Waals surface area contributed by atoms with Crippen molar-refractivity contribution in [1.82, 2.24) is 15.2 Å². The van der Waals surface area contributed by atoms with Crippen LogP contribution in [0, 0.1) is 0 Å². The lowest BCUT2D eigenvalue weighted by Gasteiger charge is -2.17. The topological polar surface area (TPSA) is 73.9 Å². The summed E-state index contributed by atoms with van der Waals surface area (Å²) >= 11 is 3.41. The van der Waals surface area contributed by atoms with Crippen molar-refractivity contribution in [2.24, 2.45) is 0 Å². The summed E-state index contributed by atoms with van der Waals surface area (Å²) in [5.74, 6) is 0.558. The minimum Gasteiger partial charge on any atom is -0.376 e. The second kappa shape index (κ2) is 6.71. The van der Waals surface area contributed by atoms with Gasteiger partial charge >= 0.3 is 0 Å². The predicted octanol–water partition coefficient (Wildman–Crippen LogP) is 2.84. The zero-order chi connectivity index (χ0) is 15.4. The Morgan fingerprint density at radius 1 is 1.43 bits per heavy atom. The number of aryl methyl sites for hydroxylation is 1. The van der Waals surface area contributed by atoms with Gasteiger partial charge < -0.3 is 10.2 Å². The molecule has 0 unspecified atom stereocenters. The van der Waals surface area contributed by atoms with E-state index in [2.05, 4.69) is 36.4 Å². The Morgan fingerprint density at radius 2 is 2.19 bits per heavy atom. The van der Waals surface area contributed by atoms with Crippen LogP contribution in [0.1, 0.15) is 29.8 Å². The highest BCUT2D eigenvalue weighted by Gasteiger charge is 2.15. The molecule has 7 heteroatoms. The molecule has 2 rings (SSSR count). The Morgan fingerprint density at radius 3 is 2.86 bits per heavy atom. The van der Waals surface area contributed by atoms with Crippen molar-refractivity contribution in [2.45, 2.75) is 19.8 Å². The van der Waals surface area contributed by atoms with Crippen LogP contribution < -0.4 is 10.2 Å². The van der Waals surface area contributed by atoms with Crippen molar-refractivity contribution in [3.8, 4) is 0 Å². The lowest BCUT2D eigenvalue weighted by molar-refractivity contribution is 0.101. The van der Waals surface area contributed by atoms with E-state index in [9.17, 15) is 4.79 Å². The highest BCUT2D eigenvalue weighted by atomic mass is 79.9. The molecule has 21 heavy (non-hydrogen) atoms. The van der Waals surface area contributed by atoms with Crippen LogP contribution in [0.25, 0.3) is 0 Å². The van der Waals surface area contributed by atoms with Crippen LogP contribution >= 0.6 is 15.9 Å². The molecule has 0 aliphatic heterocycles. The van der Waals surface area contributed by atoms with E-state index >= 15 is 0 Å². The van der Waals surface area contributed by atoms with Gasteiger partial charge in [0.1, 0.15) is 5.82 Å². The second-order valence-electron chi connectivity index (χ2n) is 4.87. The number of aromatic amines is 1. The number of benzene rings is 1. The molecule has 0 aliphatic carbocycles. The number of hydrogen-bond acceptors (Lipinski definition) is 4. The number of H-pyrrole nitrogens is 1. The van der Waals surface area contributed by atoms with Gasteiger partial charge in [0.2, 0.25) is 5.82 Å². The molecule has 1 heterocycles. The van der Waals surface area contributed by atoms with Gasteiger partial charge in [0.15, 0.2) is 0 Å². The molecular weight excluding hydrogens is 334 g/mol. The Bertz CT molecular complexity index is 638. The average molecular weight is 352 g/mol. The van der Waals surface area contributed by atoms with Crippen LogP contribution in [-0.4, -0.2) is 35.2 Å². The molecule has 0 bridgehead atoms. The van der Waals surface area contributed by atoms with E-state index < -0.39 is 0 Å². The van der Waals surface area contributed by atoms with Gasteiger partial charge in [0, 0.05) is 25.0 Å². The minimum absolute atomic E-state index is 0.156. The Balaban J connectivity index is 2.20. The molecule has 0 radical (unpaired) electrons. The van der Waals surface area contributed by atoms with E-state index in [1.807, 2.05) is 44.1 Å². The molecule has 2 N–H and O–H groups in total. The first-order valence-corrected chi connectivity index (χ1v) is 7.50. The first-order valence-electron chi connectivity index (χ1n) is 6.70. The zero-order valence-corrected chi connectivity index (χ0v) is 13.9. The summed E-state index contributed by atoms with van der Waals surface area (Å²) in [4.78, 5) is 18.3. The van der Waals surface area contributed by atoms with Crippen LogP contribution in [0.2, 0.25) is 0 Å². The fourth-order valence-corrected chi connectivity index (χ4v) is 2.28. The molecule has 0 saturated heterocycles. The average Bonchev–Trinajstić information content (AvgIpc) is 2.87. The minimum atomic E-state index is -0.324. The smallest absolute Gasteiger partial charge is 0.295 e. The van der Waals surface area contributed by atoms with Crippen molar-refractivity contribution in [3.05, 3.63) is 34.3 Å². The quantitative estimate of drug-likeness (QED) is 0.868. The highest BCUT2D eigenvalue weighted by Crippen LogP contribution is 2.28. The number of rotatable bonds is 5. The number of aromatic nitrogens is 3. The molecule has 0 aliphatic rings. The third-order valence-corrected chi connectivity index (χ3v) is 3.40. The maximum absolute atomic E-state index is 12.2. The van der Waals surface area contributed by atoms with Crippen LogP contribution in [0.5, 0.6) is 0 Å². The van der Waals surface area contributed by atoms with Crippen LogP contribution in [-0.2, 0) is 6.42 Å². The summed E-state index contributed by atoms with van der Waals surface area (Å²) < 4.78 is 0.894. The first-order chi connectivity index (χ1) is 10.0. The van der Waals surface area contributed by atoms with Gasteiger partial charge in [-0.25, -0.2) is 4.98 Å². The van der Waals surface area contributed by atoms with Crippen molar-refractivity contribution in [2.75, 3.05) is 24.3 Å². The van der Waals surface area contributed by atoms with Crippen molar-refractivity contribution >= 4 is 33.2 Å². The van der Waals surface area contributed by atoms with Gasteiger partial charge in [-0.15, -0.1) is 5.10 Å². The number of carbonyl (C=O) groups is 1. The fraction of sp³-hybridized carbons (Fsp3) is 0.357. The maximum atomic E-state index is 12.2. The van der Waals surface area contributed by atoms with Gasteiger partial charge in [-0.3, -0.25) is 9.89 Å². The lowest BCUT2D eigenvalue weighted by atomic mass is 10.2. The van der Waals surface area contributed by atoms with E-state index in [0.717, 1.165) is 28.8 Å². The molecule has 0 spiro atoms. The summed E-state index contributed by atoms with van der Waals surface area (Å²) in [5, 5.41) is 9.58. The normalized spacial score (nSPS) is 10.5. The number of nitrogens with zero attached hydrogens (tertiary/aromatic N) is 3. The summed E-state index contributed by atoms with van der Waals surface area (Å²) in [6.07, 6.45) is 1.73. The molecule has 0 saturated carbocycles. The standard InChI is InChI=1S/C14H18BrN5O/c1-4-5-12-17-13(19-18-12)14(21)16-10-8-9(15)6-7-11(10)20(2)3/h6-8H,4-5H2,1-3H3,(H,16,21)(H,17,18,19). The Hall–Kier alpha value is -1.89. The van der Waals surface area contributed by atoms with Crippen LogP contribution in [0.4, 0.5) is 11.4 Å². The van der Waals surface area contributed by atoms with Crippen molar-refractivity contribution in [3.63, 3.8) is 0 Å². The fourth-order valence-electron chi connectivity index (χ4n) is 1.92. The molecule has 1 amide bonds. The molecule has 1 aromatic heterocycles. The number of amides is 1. The van der Waals surface area contributed by atoms with E-state index in [4.69, 9.17) is 0 Å². The van der Waals surface area contributed by atoms with E-state index in [0.29, 0.717) is 5.69 Å². The van der Waals surface area contributed by atoms with E-state index in [-0.39, 0.29) is 11.7 Å². The SMILES string of the molecule is CCCc1nc(C(=O)Nc2cc(Br)ccc2N(C)C)n[nH]1. The van der Waals surface area contributed by atoms with E-state index in [1.165, 1.54) is 0 Å². The van der Waals surface area contributed by atoms with Crippen LogP contribution in [0.15, 0.2) is 22.7 Å². The maximum Gasteiger partial charge on any atom is 0.295 e. The monoisotopic (exact) mass is 351 g/mol. The highest BCUT2D eigenvalue weighted by molar-refractivity contribution is 9.10. The summed E-state index contributed by atoms with van der Waals surface area (Å²) in [7, 11) is 3.84.